The fourth-order valence-electron chi connectivity index (χ4n) is 4.35. The molecule has 0 aromatic carbocycles. The average Bonchev–Trinajstić information content (AvgIpc) is 3.15. The Labute approximate surface area is 134 Å². The molecule has 23 heavy (non-hydrogen) atoms. The van der Waals surface area contributed by atoms with Crippen molar-refractivity contribution >= 4 is 5.91 Å². The molecule has 2 fully saturated rings. The molecule has 4 atom stereocenters. The average molecular weight is 318 g/mol. The number of rotatable bonds is 4. The van der Waals surface area contributed by atoms with E-state index < -0.39 is 0 Å². The molecular weight excluding hydrogens is 296 g/mol. The quantitative estimate of drug-likeness (QED) is 0.854. The summed E-state index contributed by atoms with van der Waals surface area (Å²) in [6, 6.07) is 1.80. The lowest BCUT2D eigenvalue weighted by Gasteiger charge is -2.47. The van der Waals surface area contributed by atoms with E-state index in [2.05, 4.69) is 10.3 Å². The number of pyridine rings is 1. The van der Waals surface area contributed by atoms with Gasteiger partial charge in [0.05, 0.1) is 12.7 Å². The van der Waals surface area contributed by atoms with E-state index in [9.17, 15) is 9.59 Å². The Hall–Kier alpha value is -1.66. The standard InChI is InChI=1S/C17H22N2O4/c1-22-8-12-14(10-5-6-23-15(10)12)19-17(21)11-7-9-3-2-4-13(9)18-16(11)20/h7,10,12,14-15H,2-6,8H2,1H3,(H,18,20)(H,19,21)/t10-,12-,14-,15-/m0/s1. The Morgan fingerprint density at radius 3 is 3.17 bits per heavy atom. The van der Waals surface area contributed by atoms with Gasteiger partial charge in [-0.25, -0.2) is 0 Å². The maximum Gasteiger partial charge on any atom is 0.261 e. The van der Waals surface area contributed by atoms with Crippen molar-refractivity contribution in [1.82, 2.24) is 10.3 Å². The smallest absolute Gasteiger partial charge is 0.261 e. The van der Waals surface area contributed by atoms with Crippen LogP contribution in [-0.4, -0.2) is 43.4 Å². The number of H-pyrrole nitrogens is 1. The molecule has 0 bridgehead atoms. The molecule has 0 spiro atoms. The highest BCUT2D eigenvalue weighted by Crippen LogP contribution is 2.43. The molecule has 4 rings (SSSR count). The number of fused-ring (bicyclic) bond motifs is 2. The second kappa shape index (κ2) is 5.76. The summed E-state index contributed by atoms with van der Waals surface area (Å²) in [5.41, 5.74) is 2.02. The van der Waals surface area contributed by atoms with Gasteiger partial charge in [0, 0.05) is 37.3 Å². The van der Waals surface area contributed by atoms with Crippen molar-refractivity contribution in [2.45, 2.75) is 37.8 Å². The zero-order valence-corrected chi connectivity index (χ0v) is 13.3. The largest absolute Gasteiger partial charge is 0.384 e. The van der Waals surface area contributed by atoms with E-state index in [0.717, 1.165) is 43.5 Å². The summed E-state index contributed by atoms with van der Waals surface area (Å²) in [5, 5.41) is 3.05. The molecule has 1 aromatic heterocycles. The molecule has 6 nitrogen and oxygen atoms in total. The van der Waals surface area contributed by atoms with E-state index in [4.69, 9.17) is 9.47 Å². The maximum absolute atomic E-state index is 12.6. The summed E-state index contributed by atoms with van der Waals surface area (Å²) in [4.78, 5) is 27.6. The number of carbonyl (C=O) groups is 1. The van der Waals surface area contributed by atoms with E-state index in [0.29, 0.717) is 12.5 Å². The fraction of sp³-hybridized carbons (Fsp3) is 0.647. The van der Waals surface area contributed by atoms with Gasteiger partial charge in [-0.3, -0.25) is 9.59 Å². The van der Waals surface area contributed by atoms with Crippen LogP contribution in [0.3, 0.4) is 0 Å². The van der Waals surface area contributed by atoms with Gasteiger partial charge in [-0.15, -0.1) is 0 Å². The first kappa shape index (κ1) is 14.9. The SMILES string of the molecule is COC[C@H]1[C@@H](NC(=O)c2cc3c([nH]c2=O)CCC3)[C@@H]2CCO[C@@H]21. The minimum atomic E-state index is -0.287. The summed E-state index contributed by atoms with van der Waals surface area (Å²) < 4.78 is 11.0. The first-order valence-corrected chi connectivity index (χ1v) is 8.35. The van der Waals surface area contributed by atoms with Gasteiger partial charge in [-0.2, -0.15) is 0 Å². The highest BCUT2D eigenvalue weighted by molar-refractivity contribution is 5.94. The Bertz CT molecular complexity index is 684. The minimum Gasteiger partial charge on any atom is -0.384 e. The number of hydrogen-bond acceptors (Lipinski definition) is 4. The summed E-state index contributed by atoms with van der Waals surface area (Å²) in [5.74, 6) is 0.231. The Kier molecular flexibility index (Phi) is 3.73. The molecule has 3 aliphatic rings. The van der Waals surface area contributed by atoms with Gasteiger partial charge in [0.15, 0.2) is 0 Å². The zero-order chi connectivity index (χ0) is 16.0. The summed E-state index contributed by atoms with van der Waals surface area (Å²) in [6.07, 6.45) is 4.00. The molecule has 124 valence electrons. The van der Waals surface area contributed by atoms with Crippen molar-refractivity contribution in [3.63, 3.8) is 0 Å². The van der Waals surface area contributed by atoms with Crippen molar-refractivity contribution in [3.05, 3.63) is 33.2 Å². The Morgan fingerprint density at radius 2 is 2.35 bits per heavy atom. The van der Waals surface area contributed by atoms with Gasteiger partial charge in [0.2, 0.25) is 0 Å². The predicted octanol–water partition coefficient (Wildman–Crippen LogP) is 0.643. The number of ether oxygens (including phenoxy) is 2. The topological polar surface area (TPSA) is 80.4 Å². The van der Waals surface area contributed by atoms with Gasteiger partial charge in [-0.05, 0) is 37.3 Å². The number of hydrogen-bond donors (Lipinski definition) is 2. The molecule has 1 saturated carbocycles. The number of carbonyl (C=O) groups excluding carboxylic acids is 1. The maximum atomic E-state index is 12.6. The lowest BCUT2D eigenvalue weighted by atomic mass is 9.67. The van der Waals surface area contributed by atoms with E-state index in [1.54, 1.807) is 13.2 Å². The van der Waals surface area contributed by atoms with Crippen molar-refractivity contribution < 1.29 is 14.3 Å². The lowest BCUT2D eigenvalue weighted by molar-refractivity contribution is -0.0809. The van der Waals surface area contributed by atoms with Crippen LogP contribution in [0.15, 0.2) is 10.9 Å². The van der Waals surface area contributed by atoms with Crippen molar-refractivity contribution in [3.8, 4) is 0 Å². The second-order valence-corrected chi connectivity index (χ2v) is 6.78. The molecule has 2 heterocycles. The number of nitrogens with one attached hydrogen (secondary N) is 2. The van der Waals surface area contributed by atoms with Crippen molar-refractivity contribution in [2.24, 2.45) is 11.8 Å². The number of aromatic nitrogens is 1. The molecule has 2 aliphatic carbocycles. The highest BCUT2D eigenvalue weighted by atomic mass is 16.5. The van der Waals surface area contributed by atoms with Crippen molar-refractivity contribution in [2.75, 3.05) is 20.3 Å². The number of methoxy groups -OCH3 is 1. The third-order valence-electron chi connectivity index (χ3n) is 5.52. The third kappa shape index (κ3) is 2.40. The van der Waals surface area contributed by atoms with Gasteiger partial charge >= 0.3 is 0 Å². The number of aromatic amines is 1. The number of amides is 1. The predicted molar refractivity (Wildman–Crippen MR) is 83.6 cm³/mol. The van der Waals surface area contributed by atoms with E-state index >= 15 is 0 Å². The van der Waals surface area contributed by atoms with Crippen LogP contribution in [0.25, 0.3) is 0 Å². The van der Waals surface area contributed by atoms with Gasteiger partial charge in [0.1, 0.15) is 5.56 Å². The normalized spacial score (nSPS) is 31.3. The Balaban J connectivity index is 1.53. The lowest BCUT2D eigenvalue weighted by Crippen LogP contribution is -2.63. The van der Waals surface area contributed by atoms with Gasteiger partial charge in [-0.1, -0.05) is 0 Å². The molecule has 1 saturated heterocycles. The summed E-state index contributed by atoms with van der Waals surface area (Å²) in [6.45, 7) is 1.30. The summed E-state index contributed by atoms with van der Waals surface area (Å²) >= 11 is 0. The molecular formula is C17H22N2O4. The van der Waals surface area contributed by atoms with Crippen LogP contribution in [0, 0.1) is 11.8 Å². The number of aryl methyl sites for hydroxylation is 2. The molecule has 2 N–H and O–H groups in total. The van der Waals surface area contributed by atoms with Gasteiger partial charge < -0.3 is 19.8 Å². The van der Waals surface area contributed by atoms with Crippen LogP contribution in [-0.2, 0) is 22.3 Å². The van der Waals surface area contributed by atoms with Gasteiger partial charge in [0.25, 0.3) is 11.5 Å². The van der Waals surface area contributed by atoms with E-state index in [-0.39, 0.29) is 35.1 Å². The van der Waals surface area contributed by atoms with Crippen LogP contribution < -0.4 is 10.9 Å². The van der Waals surface area contributed by atoms with Crippen LogP contribution in [0.4, 0.5) is 0 Å². The summed E-state index contributed by atoms with van der Waals surface area (Å²) in [7, 11) is 1.66. The van der Waals surface area contributed by atoms with Crippen molar-refractivity contribution in [1.29, 1.82) is 0 Å². The first-order chi connectivity index (χ1) is 11.2. The monoisotopic (exact) mass is 318 g/mol. The first-order valence-electron chi connectivity index (χ1n) is 8.35. The highest BCUT2D eigenvalue weighted by Gasteiger charge is 2.54. The fourth-order valence-corrected chi connectivity index (χ4v) is 4.35. The minimum absolute atomic E-state index is 0.0302. The second-order valence-electron chi connectivity index (χ2n) is 6.78. The van der Waals surface area contributed by atoms with E-state index in [1.807, 2.05) is 0 Å². The van der Waals surface area contributed by atoms with Crippen LogP contribution in [0.5, 0.6) is 0 Å². The van der Waals surface area contributed by atoms with Crippen LogP contribution in [0.2, 0.25) is 0 Å². The zero-order valence-electron chi connectivity index (χ0n) is 13.3. The third-order valence-corrected chi connectivity index (χ3v) is 5.52. The molecule has 0 radical (unpaired) electrons. The molecule has 1 aliphatic heterocycles. The van der Waals surface area contributed by atoms with E-state index in [1.165, 1.54) is 0 Å². The molecule has 6 heteroatoms. The van der Waals surface area contributed by atoms with Crippen LogP contribution in [0.1, 0.15) is 34.5 Å². The van der Waals surface area contributed by atoms with Crippen LogP contribution >= 0.6 is 0 Å². The molecule has 1 amide bonds. The molecule has 1 aromatic rings. The molecule has 0 unspecified atom stereocenters. The Morgan fingerprint density at radius 1 is 1.48 bits per heavy atom.